The fourth-order valence-corrected chi connectivity index (χ4v) is 2.71. The highest BCUT2D eigenvalue weighted by Crippen LogP contribution is 2.36. The fraction of sp³-hybridized carbons (Fsp3) is 0.250. The van der Waals surface area contributed by atoms with E-state index < -0.39 is 0 Å². The van der Waals surface area contributed by atoms with Crippen LogP contribution in [-0.2, 0) is 0 Å². The van der Waals surface area contributed by atoms with Gasteiger partial charge in [-0.3, -0.25) is 0 Å². The van der Waals surface area contributed by atoms with E-state index in [1.807, 2.05) is 67.1 Å². The molecule has 0 bridgehead atoms. The second kappa shape index (κ2) is 6.79. The maximum Gasteiger partial charge on any atom is 0.241 e. The molecule has 0 amide bonds. The number of ether oxygens (including phenoxy) is 2. The summed E-state index contributed by atoms with van der Waals surface area (Å²) in [7, 11) is 1.67. The predicted octanol–water partition coefficient (Wildman–Crippen LogP) is 4.64. The third kappa shape index (κ3) is 3.13. The Morgan fingerprint density at radius 3 is 2.42 bits per heavy atom. The summed E-state index contributed by atoms with van der Waals surface area (Å²) in [6, 6.07) is 18.0. The third-order valence-electron chi connectivity index (χ3n) is 3.79. The van der Waals surface area contributed by atoms with Gasteiger partial charge in [0, 0.05) is 0 Å². The summed E-state index contributed by atoms with van der Waals surface area (Å²) in [6.45, 7) is 6.07. The van der Waals surface area contributed by atoms with Gasteiger partial charge in [-0.2, -0.15) is 0 Å². The molecule has 0 aliphatic heterocycles. The molecule has 0 unspecified atom stereocenters. The minimum atomic E-state index is 0.0490. The van der Waals surface area contributed by atoms with Crippen LogP contribution in [-0.4, -0.2) is 23.0 Å². The molecule has 4 heteroatoms. The van der Waals surface area contributed by atoms with Gasteiger partial charge in [0.05, 0.1) is 30.2 Å². The fourth-order valence-electron chi connectivity index (χ4n) is 2.71. The van der Waals surface area contributed by atoms with Crippen LogP contribution < -0.4 is 9.47 Å². The molecule has 124 valence electrons. The Morgan fingerprint density at radius 1 is 1.00 bits per heavy atom. The van der Waals surface area contributed by atoms with Gasteiger partial charge < -0.3 is 9.47 Å². The van der Waals surface area contributed by atoms with Crippen LogP contribution in [0.5, 0.6) is 11.6 Å². The molecule has 0 fully saturated rings. The molecule has 24 heavy (non-hydrogen) atoms. The Balaban J connectivity index is 2.17. The first-order valence-corrected chi connectivity index (χ1v) is 8.06. The first-order valence-electron chi connectivity index (χ1n) is 8.06. The van der Waals surface area contributed by atoms with Crippen molar-refractivity contribution in [1.29, 1.82) is 0 Å². The number of aromatic nitrogens is 2. The van der Waals surface area contributed by atoms with E-state index in [0.717, 1.165) is 28.3 Å². The van der Waals surface area contributed by atoms with Crippen molar-refractivity contribution in [2.75, 3.05) is 7.11 Å². The summed E-state index contributed by atoms with van der Waals surface area (Å²) in [6.07, 6.45) is 0.0490. The third-order valence-corrected chi connectivity index (χ3v) is 3.79. The smallest absolute Gasteiger partial charge is 0.241 e. The van der Waals surface area contributed by atoms with E-state index >= 15 is 0 Å². The second-order valence-corrected chi connectivity index (χ2v) is 5.91. The van der Waals surface area contributed by atoms with E-state index in [4.69, 9.17) is 14.6 Å². The summed E-state index contributed by atoms with van der Waals surface area (Å²) >= 11 is 0. The molecule has 0 atom stereocenters. The lowest BCUT2D eigenvalue weighted by atomic mass is 10.1. The predicted molar refractivity (Wildman–Crippen MR) is 96.1 cm³/mol. The van der Waals surface area contributed by atoms with Crippen molar-refractivity contribution in [3.8, 4) is 28.4 Å². The quantitative estimate of drug-likeness (QED) is 0.686. The molecule has 0 radical (unpaired) electrons. The topological polar surface area (TPSA) is 36.3 Å². The zero-order valence-corrected chi connectivity index (χ0v) is 14.5. The van der Waals surface area contributed by atoms with Crippen LogP contribution in [0.1, 0.15) is 19.5 Å². The molecule has 0 N–H and O–H groups in total. The molecule has 2 aromatic carbocycles. The van der Waals surface area contributed by atoms with Gasteiger partial charge in [-0.25, -0.2) is 4.68 Å². The molecular formula is C20H22N2O2. The van der Waals surface area contributed by atoms with Crippen molar-refractivity contribution in [2.24, 2.45) is 0 Å². The number of hydrogen-bond acceptors (Lipinski definition) is 3. The van der Waals surface area contributed by atoms with Crippen LogP contribution in [0.15, 0.2) is 54.6 Å². The first-order chi connectivity index (χ1) is 11.6. The van der Waals surface area contributed by atoms with Gasteiger partial charge in [-0.1, -0.05) is 30.3 Å². The van der Waals surface area contributed by atoms with Gasteiger partial charge in [-0.15, -0.1) is 5.10 Å². The van der Waals surface area contributed by atoms with Gasteiger partial charge in [0.2, 0.25) is 5.88 Å². The highest BCUT2D eigenvalue weighted by atomic mass is 16.5. The highest BCUT2D eigenvalue weighted by Gasteiger charge is 2.20. The summed E-state index contributed by atoms with van der Waals surface area (Å²) in [4.78, 5) is 0. The average Bonchev–Trinajstić information content (AvgIpc) is 2.91. The molecule has 4 nitrogen and oxygen atoms in total. The van der Waals surface area contributed by atoms with Crippen LogP contribution in [0.2, 0.25) is 0 Å². The zero-order valence-electron chi connectivity index (χ0n) is 14.5. The van der Waals surface area contributed by atoms with E-state index in [1.54, 1.807) is 7.11 Å². The van der Waals surface area contributed by atoms with Crippen LogP contribution in [0, 0.1) is 6.92 Å². The zero-order chi connectivity index (χ0) is 17.1. The molecule has 0 aliphatic rings. The van der Waals surface area contributed by atoms with Gasteiger partial charge in [0.1, 0.15) is 5.75 Å². The molecule has 0 aliphatic carbocycles. The van der Waals surface area contributed by atoms with E-state index in [0.29, 0.717) is 5.88 Å². The van der Waals surface area contributed by atoms with E-state index in [1.165, 1.54) is 0 Å². The second-order valence-electron chi connectivity index (χ2n) is 5.91. The van der Waals surface area contributed by atoms with Crippen molar-refractivity contribution in [3.05, 3.63) is 60.3 Å². The lowest BCUT2D eigenvalue weighted by Gasteiger charge is -2.10. The molecule has 0 saturated carbocycles. The number of hydrogen-bond donors (Lipinski definition) is 0. The lowest BCUT2D eigenvalue weighted by molar-refractivity contribution is 0.232. The minimum absolute atomic E-state index is 0.0490. The molecule has 3 rings (SSSR count). The Labute approximate surface area is 142 Å². The Morgan fingerprint density at radius 2 is 1.75 bits per heavy atom. The molecular weight excluding hydrogens is 300 g/mol. The van der Waals surface area contributed by atoms with Crippen molar-refractivity contribution in [3.63, 3.8) is 0 Å². The standard InChI is InChI=1S/C20H22N2O2/c1-14(2)24-20-19(16-9-8-12-18(13-16)23-4)15(3)22(21-20)17-10-6-5-7-11-17/h5-14H,1-4H3. The normalized spacial score (nSPS) is 10.9. The molecule has 3 aromatic rings. The number of nitrogens with zero attached hydrogens (tertiary/aromatic N) is 2. The first kappa shape index (κ1) is 16.1. The maximum atomic E-state index is 5.98. The summed E-state index contributed by atoms with van der Waals surface area (Å²) in [5.41, 5.74) is 4.07. The van der Waals surface area contributed by atoms with E-state index in [9.17, 15) is 0 Å². The molecule has 0 saturated heterocycles. The lowest BCUT2D eigenvalue weighted by Crippen LogP contribution is -2.07. The van der Waals surface area contributed by atoms with Gasteiger partial charge in [0.15, 0.2) is 0 Å². The maximum absolute atomic E-state index is 5.98. The number of methoxy groups -OCH3 is 1. The van der Waals surface area contributed by atoms with Crippen LogP contribution in [0.3, 0.4) is 0 Å². The van der Waals surface area contributed by atoms with E-state index in [2.05, 4.69) is 13.0 Å². The monoisotopic (exact) mass is 322 g/mol. The minimum Gasteiger partial charge on any atom is -0.497 e. The van der Waals surface area contributed by atoms with Crippen molar-refractivity contribution in [1.82, 2.24) is 9.78 Å². The van der Waals surface area contributed by atoms with Crippen LogP contribution in [0.4, 0.5) is 0 Å². The van der Waals surface area contributed by atoms with Gasteiger partial charge in [0.25, 0.3) is 0 Å². The number of rotatable bonds is 5. The Hall–Kier alpha value is -2.75. The summed E-state index contributed by atoms with van der Waals surface area (Å²) < 4.78 is 13.3. The van der Waals surface area contributed by atoms with Crippen LogP contribution >= 0.6 is 0 Å². The number of benzene rings is 2. The van der Waals surface area contributed by atoms with Crippen molar-refractivity contribution in [2.45, 2.75) is 26.9 Å². The van der Waals surface area contributed by atoms with E-state index in [-0.39, 0.29) is 6.10 Å². The van der Waals surface area contributed by atoms with Crippen molar-refractivity contribution >= 4 is 0 Å². The van der Waals surface area contributed by atoms with Crippen LogP contribution in [0.25, 0.3) is 16.8 Å². The van der Waals surface area contributed by atoms with Gasteiger partial charge in [-0.05, 0) is 50.6 Å². The molecule has 1 aromatic heterocycles. The largest absolute Gasteiger partial charge is 0.497 e. The van der Waals surface area contributed by atoms with Gasteiger partial charge >= 0.3 is 0 Å². The van der Waals surface area contributed by atoms with Crippen molar-refractivity contribution < 1.29 is 9.47 Å². The Kier molecular flexibility index (Phi) is 4.56. The average molecular weight is 322 g/mol. The summed E-state index contributed by atoms with van der Waals surface area (Å²) in [5, 5.41) is 4.71. The number of para-hydroxylation sites is 1. The summed E-state index contributed by atoms with van der Waals surface area (Å²) in [5.74, 6) is 1.45. The molecule has 1 heterocycles. The highest BCUT2D eigenvalue weighted by molar-refractivity contribution is 5.73. The Bertz CT molecular complexity index is 823. The molecule has 0 spiro atoms. The SMILES string of the molecule is COc1cccc(-c2c(OC(C)C)nn(-c3ccccc3)c2C)c1.